The van der Waals surface area contributed by atoms with Crippen molar-refractivity contribution in [1.82, 2.24) is 0 Å². The lowest BCUT2D eigenvalue weighted by Crippen LogP contribution is -2.17. The number of nitrogens with one attached hydrogen (secondary N) is 1. The summed E-state index contributed by atoms with van der Waals surface area (Å²) in [5.74, 6) is -0.403. The standard InChI is InChI=1S/C13H17NO4/c1-8-5-9(2)13(18-4)10(6-8)14-11(15)7-12(16)17-3/h5-6H,7H2,1-4H3,(H,14,15). The Kier molecular flexibility index (Phi) is 4.71. The molecule has 5 nitrogen and oxygen atoms in total. The van der Waals surface area contributed by atoms with E-state index in [9.17, 15) is 9.59 Å². The van der Waals surface area contributed by atoms with Crippen LogP contribution in [0.5, 0.6) is 5.75 Å². The molecule has 0 aromatic heterocycles. The average Bonchev–Trinajstić information content (AvgIpc) is 2.28. The van der Waals surface area contributed by atoms with E-state index in [-0.39, 0.29) is 6.42 Å². The molecule has 0 fully saturated rings. The summed E-state index contributed by atoms with van der Waals surface area (Å²) in [6, 6.07) is 3.75. The third kappa shape index (κ3) is 3.48. The zero-order chi connectivity index (χ0) is 13.7. The van der Waals surface area contributed by atoms with Gasteiger partial charge in [-0.3, -0.25) is 9.59 Å². The monoisotopic (exact) mass is 251 g/mol. The number of carbonyl (C=O) groups is 2. The van der Waals surface area contributed by atoms with Crippen LogP contribution < -0.4 is 10.1 Å². The van der Waals surface area contributed by atoms with Crippen LogP contribution in [-0.2, 0) is 14.3 Å². The van der Waals surface area contributed by atoms with Gasteiger partial charge in [0, 0.05) is 0 Å². The minimum absolute atomic E-state index is 0.313. The molecular weight excluding hydrogens is 234 g/mol. The van der Waals surface area contributed by atoms with Crippen LogP contribution in [0.2, 0.25) is 0 Å². The Morgan fingerprint density at radius 2 is 1.89 bits per heavy atom. The maximum atomic E-state index is 11.6. The molecule has 0 bridgehead atoms. The van der Waals surface area contributed by atoms with Crippen LogP contribution in [0.25, 0.3) is 0 Å². The number of anilines is 1. The minimum atomic E-state index is -0.573. The highest BCUT2D eigenvalue weighted by Crippen LogP contribution is 2.29. The Bertz CT molecular complexity index is 468. The van der Waals surface area contributed by atoms with Crippen LogP contribution in [-0.4, -0.2) is 26.1 Å². The molecule has 5 heteroatoms. The van der Waals surface area contributed by atoms with Gasteiger partial charge in [-0.25, -0.2) is 0 Å². The third-order valence-electron chi connectivity index (χ3n) is 2.43. The van der Waals surface area contributed by atoms with Crippen molar-refractivity contribution < 1.29 is 19.1 Å². The Balaban J connectivity index is 2.90. The fourth-order valence-corrected chi connectivity index (χ4v) is 1.72. The molecule has 0 aliphatic carbocycles. The SMILES string of the molecule is COC(=O)CC(=O)Nc1cc(C)cc(C)c1OC. The summed E-state index contributed by atoms with van der Waals surface area (Å²) < 4.78 is 9.66. The van der Waals surface area contributed by atoms with Crippen LogP contribution >= 0.6 is 0 Å². The van der Waals surface area contributed by atoms with Gasteiger partial charge in [0.15, 0.2) is 0 Å². The van der Waals surface area contributed by atoms with E-state index in [2.05, 4.69) is 10.1 Å². The van der Waals surface area contributed by atoms with Crippen molar-refractivity contribution in [3.05, 3.63) is 23.3 Å². The number of hydrogen-bond acceptors (Lipinski definition) is 4. The predicted molar refractivity (Wildman–Crippen MR) is 67.7 cm³/mol. The van der Waals surface area contributed by atoms with E-state index in [4.69, 9.17) is 4.74 Å². The van der Waals surface area contributed by atoms with Crippen molar-refractivity contribution >= 4 is 17.6 Å². The van der Waals surface area contributed by atoms with Gasteiger partial charge >= 0.3 is 5.97 Å². The van der Waals surface area contributed by atoms with Crippen LogP contribution in [0, 0.1) is 13.8 Å². The second-order valence-corrected chi connectivity index (χ2v) is 3.96. The summed E-state index contributed by atoms with van der Waals surface area (Å²) in [6.45, 7) is 3.81. The number of amides is 1. The highest BCUT2D eigenvalue weighted by Gasteiger charge is 2.13. The lowest BCUT2D eigenvalue weighted by molar-refractivity contribution is -0.142. The number of ether oxygens (including phenoxy) is 2. The molecule has 1 amide bonds. The third-order valence-corrected chi connectivity index (χ3v) is 2.43. The van der Waals surface area contributed by atoms with Gasteiger partial charge in [-0.15, -0.1) is 0 Å². The van der Waals surface area contributed by atoms with Crippen molar-refractivity contribution in [1.29, 1.82) is 0 Å². The molecule has 0 aliphatic rings. The van der Waals surface area contributed by atoms with E-state index in [1.54, 1.807) is 6.07 Å². The van der Waals surface area contributed by atoms with E-state index in [0.717, 1.165) is 11.1 Å². The molecule has 1 aromatic carbocycles. The maximum absolute atomic E-state index is 11.6. The second kappa shape index (κ2) is 6.05. The quantitative estimate of drug-likeness (QED) is 0.654. The normalized spacial score (nSPS) is 9.78. The number of methoxy groups -OCH3 is 2. The van der Waals surface area contributed by atoms with Crippen LogP contribution in [0.3, 0.4) is 0 Å². The maximum Gasteiger partial charge on any atom is 0.315 e. The Morgan fingerprint density at radius 3 is 2.44 bits per heavy atom. The van der Waals surface area contributed by atoms with Gasteiger partial charge in [0.2, 0.25) is 5.91 Å². The molecule has 0 aliphatic heterocycles. The molecule has 0 spiro atoms. The molecule has 1 N–H and O–H groups in total. The number of benzene rings is 1. The van der Waals surface area contributed by atoms with Gasteiger partial charge < -0.3 is 14.8 Å². The number of carbonyl (C=O) groups excluding carboxylic acids is 2. The first-order chi connectivity index (χ1) is 8.47. The Hall–Kier alpha value is -2.04. The lowest BCUT2D eigenvalue weighted by atomic mass is 10.1. The zero-order valence-corrected chi connectivity index (χ0v) is 11.0. The smallest absolute Gasteiger partial charge is 0.315 e. The van der Waals surface area contributed by atoms with E-state index in [1.165, 1.54) is 14.2 Å². The highest BCUT2D eigenvalue weighted by molar-refractivity contribution is 6.02. The number of hydrogen-bond donors (Lipinski definition) is 1. The van der Waals surface area contributed by atoms with Crippen molar-refractivity contribution in [2.45, 2.75) is 20.3 Å². The first-order valence-corrected chi connectivity index (χ1v) is 5.49. The molecule has 0 unspecified atom stereocenters. The van der Waals surface area contributed by atoms with Gasteiger partial charge in [-0.1, -0.05) is 6.07 Å². The molecule has 0 saturated heterocycles. The molecule has 0 radical (unpaired) electrons. The molecule has 98 valence electrons. The first-order valence-electron chi connectivity index (χ1n) is 5.49. The summed E-state index contributed by atoms with van der Waals surface area (Å²) in [4.78, 5) is 22.6. The molecule has 1 aromatic rings. The largest absolute Gasteiger partial charge is 0.494 e. The molecule has 0 atom stereocenters. The Labute approximate surface area is 106 Å². The number of rotatable bonds is 4. The van der Waals surface area contributed by atoms with Crippen molar-refractivity contribution in [3.8, 4) is 5.75 Å². The fraction of sp³-hybridized carbons (Fsp3) is 0.385. The van der Waals surface area contributed by atoms with Crippen molar-refractivity contribution in [2.75, 3.05) is 19.5 Å². The van der Waals surface area contributed by atoms with Gasteiger partial charge in [-0.05, 0) is 31.0 Å². The molecule has 1 rings (SSSR count). The molecule has 0 saturated carbocycles. The summed E-state index contributed by atoms with van der Waals surface area (Å²) in [6.07, 6.45) is -0.313. The number of aryl methyl sites for hydroxylation is 2. The molecule has 0 heterocycles. The van der Waals surface area contributed by atoms with Gasteiger partial charge in [0.25, 0.3) is 0 Å². The molecular formula is C13H17NO4. The highest BCUT2D eigenvalue weighted by atomic mass is 16.5. The van der Waals surface area contributed by atoms with E-state index >= 15 is 0 Å². The average molecular weight is 251 g/mol. The van der Waals surface area contributed by atoms with E-state index < -0.39 is 11.9 Å². The summed E-state index contributed by atoms with van der Waals surface area (Å²) >= 11 is 0. The lowest BCUT2D eigenvalue weighted by Gasteiger charge is -2.13. The minimum Gasteiger partial charge on any atom is -0.494 e. The molecule has 18 heavy (non-hydrogen) atoms. The summed E-state index contributed by atoms with van der Waals surface area (Å²) in [5, 5.41) is 2.64. The summed E-state index contributed by atoms with van der Waals surface area (Å²) in [5.41, 5.74) is 2.48. The van der Waals surface area contributed by atoms with E-state index in [0.29, 0.717) is 11.4 Å². The van der Waals surface area contributed by atoms with Crippen LogP contribution in [0.1, 0.15) is 17.5 Å². The van der Waals surface area contributed by atoms with Crippen molar-refractivity contribution in [3.63, 3.8) is 0 Å². The zero-order valence-electron chi connectivity index (χ0n) is 11.0. The second-order valence-electron chi connectivity index (χ2n) is 3.96. The van der Waals surface area contributed by atoms with Gasteiger partial charge in [0.05, 0.1) is 19.9 Å². The van der Waals surface area contributed by atoms with Gasteiger partial charge in [0.1, 0.15) is 12.2 Å². The Morgan fingerprint density at radius 1 is 1.22 bits per heavy atom. The van der Waals surface area contributed by atoms with Crippen LogP contribution in [0.4, 0.5) is 5.69 Å². The summed E-state index contributed by atoms with van der Waals surface area (Å²) in [7, 11) is 2.78. The number of esters is 1. The van der Waals surface area contributed by atoms with E-state index in [1.807, 2.05) is 19.9 Å². The van der Waals surface area contributed by atoms with Gasteiger partial charge in [-0.2, -0.15) is 0 Å². The van der Waals surface area contributed by atoms with Crippen molar-refractivity contribution in [2.24, 2.45) is 0 Å². The topological polar surface area (TPSA) is 64.6 Å². The predicted octanol–water partition coefficient (Wildman–Crippen LogP) is 1.81. The first kappa shape index (κ1) is 14.0. The fourth-order valence-electron chi connectivity index (χ4n) is 1.72. The van der Waals surface area contributed by atoms with Crippen LogP contribution in [0.15, 0.2) is 12.1 Å².